The summed E-state index contributed by atoms with van der Waals surface area (Å²) in [5, 5.41) is 5.56. The monoisotopic (exact) mass is 692 g/mol. The number of H-pyrrole nitrogens is 2. The SMILES string of the molecule is O=C(NCCCN(CCSc1ccccc1)Cc1ccc2c(c1)OCO2)c1ccc(C(c2c[nH]c3ccccc23)c2c[nH]c3ccccc23)cc1. The van der Waals surface area contributed by atoms with E-state index in [1.54, 1.807) is 0 Å². The van der Waals surface area contributed by atoms with Gasteiger partial charge in [0.05, 0.1) is 0 Å². The van der Waals surface area contributed by atoms with Crippen molar-refractivity contribution in [2.45, 2.75) is 23.8 Å². The minimum Gasteiger partial charge on any atom is -0.454 e. The summed E-state index contributed by atoms with van der Waals surface area (Å²) >= 11 is 1.86. The molecule has 8 rings (SSSR count). The summed E-state index contributed by atoms with van der Waals surface area (Å²) in [5.74, 6) is 2.51. The van der Waals surface area contributed by atoms with Gasteiger partial charge in [0.15, 0.2) is 11.5 Å². The maximum atomic E-state index is 13.3. The largest absolute Gasteiger partial charge is 0.454 e. The van der Waals surface area contributed by atoms with Crippen LogP contribution in [0.1, 0.15) is 45.0 Å². The predicted octanol–water partition coefficient (Wildman–Crippen LogP) is 8.97. The van der Waals surface area contributed by atoms with Gasteiger partial charge in [-0.15, -0.1) is 11.8 Å². The number of nitrogens with zero attached hydrogens (tertiary/aromatic N) is 1. The number of aromatic amines is 2. The van der Waals surface area contributed by atoms with Crippen LogP contribution in [-0.4, -0.2) is 53.0 Å². The number of carbonyl (C=O) groups is 1. The summed E-state index contributed by atoms with van der Waals surface area (Å²) in [7, 11) is 0. The highest BCUT2D eigenvalue weighted by Gasteiger charge is 2.23. The van der Waals surface area contributed by atoms with E-state index in [1.165, 1.54) is 32.4 Å². The summed E-state index contributed by atoms with van der Waals surface area (Å²) in [6.45, 7) is 3.46. The third-order valence-corrected chi connectivity index (χ3v) is 10.6. The third-order valence-electron chi connectivity index (χ3n) is 9.57. The topological polar surface area (TPSA) is 82.4 Å². The van der Waals surface area contributed by atoms with Gasteiger partial charge < -0.3 is 24.8 Å². The minimum absolute atomic E-state index is 0.00907. The van der Waals surface area contributed by atoms with Gasteiger partial charge in [-0.25, -0.2) is 0 Å². The van der Waals surface area contributed by atoms with Gasteiger partial charge in [-0.2, -0.15) is 0 Å². The first-order valence-corrected chi connectivity index (χ1v) is 18.5. The van der Waals surface area contributed by atoms with Crippen molar-refractivity contribution in [1.82, 2.24) is 20.2 Å². The van der Waals surface area contributed by atoms with Gasteiger partial charge in [-0.1, -0.05) is 72.8 Å². The summed E-state index contributed by atoms with van der Waals surface area (Å²) < 4.78 is 11.1. The molecule has 0 saturated carbocycles. The first kappa shape index (κ1) is 32.7. The third kappa shape index (κ3) is 7.38. The number of nitrogens with one attached hydrogen (secondary N) is 3. The van der Waals surface area contributed by atoms with Gasteiger partial charge >= 0.3 is 0 Å². The van der Waals surface area contributed by atoms with Crippen LogP contribution in [0.2, 0.25) is 0 Å². The Morgan fingerprint density at radius 3 is 2.14 bits per heavy atom. The lowest BCUT2D eigenvalue weighted by Gasteiger charge is -2.22. The normalized spacial score (nSPS) is 12.4. The molecule has 1 aliphatic heterocycles. The molecular formula is C43H40N4O3S. The molecule has 0 saturated heterocycles. The van der Waals surface area contributed by atoms with Crippen molar-refractivity contribution in [2.24, 2.45) is 0 Å². The van der Waals surface area contributed by atoms with E-state index in [9.17, 15) is 4.79 Å². The molecule has 0 spiro atoms. The van der Waals surface area contributed by atoms with Crippen LogP contribution < -0.4 is 14.8 Å². The second-order valence-electron chi connectivity index (χ2n) is 12.9. The number of benzene rings is 5. The van der Waals surface area contributed by atoms with Crippen molar-refractivity contribution in [3.63, 3.8) is 0 Å². The van der Waals surface area contributed by atoms with Crippen molar-refractivity contribution < 1.29 is 14.3 Å². The molecule has 7 nitrogen and oxygen atoms in total. The predicted molar refractivity (Wildman–Crippen MR) is 206 cm³/mol. The number of fused-ring (bicyclic) bond motifs is 3. The van der Waals surface area contributed by atoms with E-state index in [0.29, 0.717) is 12.1 Å². The molecule has 8 heteroatoms. The number of hydrogen-bond donors (Lipinski definition) is 3. The van der Waals surface area contributed by atoms with Crippen molar-refractivity contribution in [3.05, 3.63) is 162 Å². The molecular weight excluding hydrogens is 653 g/mol. The molecule has 7 aromatic rings. The zero-order chi connectivity index (χ0) is 34.4. The molecule has 0 fully saturated rings. The number of thioether (sulfide) groups is 1. The molecule has 0 bridgehead atoms. The Hall–Kier alpha value is -5.44. The lowest BCUT2D eigenvalue weighted by atomic mass is 9.84. The van der Waals surface area contributed by atoms with Crippen LogP contribution in [0, 0.1) is 0 Å². The maximum Gasteiger partial charge on any atom is 0.251 e. The number of hydrogen-bond acceptors (Lipinski definition) is 5. The minimum atomic E-state index is -0.0563. The maximum absolute atomic E-state index is 13.3. The molecule has 5 aromatic carbocycles. The molecule has 256 valence electrons. The fourth-order valence-corrected chi connectivity index (χ4v) is 7.94. The summed E-state index contributed by atoms with van der Waals surface area (Å²) in [6, 6.07) is 41.6. The Morgan fingerprint density at radius 2 is 1.41 bits per heavy atom. The van der Waals surface area contributed by atoms with Gasteiger partial charge in [-0.05, 0) is 77.2 Å². The Bertz CT molecular complexity index is 2170. The summed E-state index contributed by atoms with van der Waals surface area (Å²) in [5.41, 5.74) is 7.61. The standard InChI is InChI=1S/C43H40N4O3S/c48-43(44-21-8-22-47(23-24-51-33-9-2-1-3-10-33)28-30-15-20-40-41(25-30)50-29-49-40)32-18-16-31(17-19-32)42(36-26-45-38-13-6-4-11-34(36)38)37-27-46-39-14-7-5-12-35(37)39/h1-7,9-20,25-27,42,45-46H,8,21-24,28-29H2,(H,44,48). The van der Waals surface area contributed by atoms with Crippen LogP contribution in [0.3, 0.4) is 0 Å². The van der Waals surface area contributed by atoms with Crippen LogP contribution in [0.15, 0.2) is 139 Å². The molecule has 0 aliphatic carbocycles. The van der Waals surface area contributed by atoms with Crippen LogP contribution in [-0.2, 0) is 6.54 Å². The van der Waals surface area contributed by atoms with E-state index in [0.717, 1.165) is 59.9 Å². The lowest BCUT2D eigenvalue weighted by molar-refractivity contribution is 0.0951. The van der Waals surface area contributed by atoms with Crippen LogP contribution >= 0.6 is 11.8 Å². The Balaban J connectivity index is 0.928. The lowest BCUT2D eigenvalue weighted by Crippen LogP contribution is -2.31. The summed E-state index contributed by atoms with van der Waals surface area (Å²) in [4.78, 5) is 24.0. The molecule has 3 N–H and O–H groups in total. The average Bonchev–Trinajstić information content (AvgIpc) is 3.93. The number of aromatic nitrogens is 2. The molecule has 1 amide bonds. The highest BCUT2D eigenvalue weighted by Crippen LogP contribution is 2.39. The number of ether oxygens (including phenoxy) is 2. The summed E-state index contributed by atoms with van der Waals surface area (Å²) in [6.07, 6.45) is 5.08. The highest BCUT2D eigenvalue weighted by atomic mass is 32.2. The second kappa shape index (κ2) is 15.2. The van der Waals surface area contributed by atoms with Gasteiger partial charge in [0.2, 0.25) is 6.79 Å². The van der Waals surface area contributed by atoms with E-state index < -0.39 is 0 Å². The molecule has 0 radical (unpaired) electrons. The first-order chi connectivity index (χ1) is 25.2. The molecule has 51 heavy (non-hydrogen) atoms. The van der Waals surface area contributed by atoms with E-state index >= 15 is 0 Å². The Labute approximate surface area is 302 Å². The Kier molecular flexibility index (Phi) is 9.77. The molecule has 0 atom stereocenters. The van der Waals surface area contributed by atoms with Gasteiger partial charge in [0.1, 0.15) is 0 Å². The smallest absolute Gasteiger partial charge is 0.251 e. The fourth-order valence-electron chi connectivity index (χ4n) is 7.00. The van der Waals surface area contributed by atoms with Crippen molar-refractivity contribution >= 4 is 39.5 Å². The fraction of sp³-hybridized carbons (Fsp3) is 0.186. The molecule has 3 heterocycles. The van der Waals surface area contributed by atoms with E-state index in [-0.39, 0.29) is 18.6 Å². The van der Waals surface area contributed by atoms with E-state index in [1.807, 2.05) is 36.0 Å². The van der Waals surface area contributed by atoms with Crippen LogP contribution in [0.4, 0.5) is 0 Å². The van der Waals surface area contributed by atoms with Crippen molar-refractivity contribution in [2.75, 3.05) is 32.2 Å². The van der Waals surface area contributed by atoms with Gasteiger partial charge in [0.25, 0.3) is 5.91 Å². The number of amides is 1. The van der Waals surface area contributed by atoms with Gasteiger partial charge in [0, 0.05) is 82.5 Å². The van der Waals surface area contributed by atoms with E-state index in [4.69, 9.17) is 9.47 Å². The molecule has 2 aromatic heterocycles. The zero-order valence-electron chi connectivity index (χ0n) is 28.3. The van der Waals surface area contributed by atoms with Crippen LogP contribution in [0.25, 0.3) is 21.8 Å². The number of rotatable bonds is 14. The average molecular weight is 693 g/mol. The van der Waals surface area contributed by atoms with Crippen molar-refractivity contribution in [1.29, 1.82) is 0 Å². The Morgan fingerprint density at radius 1 is 0.745 bits per heavy atom. The zero-order valence-corrected chi connectivity index (χ0v) is 29.1. The number of para-hydroxylation sites is 2. The second-order valence-corrected chi connectivity index (χ2v) is 14.0. The quantitative estimate of drug-likeness (QED) is 0.0783. The van der Waals surface area contributed by atoms with Gasteiger partial charge in [-0.3, -0.25) is 9.69 Å². The van der Waals surface area contributed by atoms with Crippen molar-refractivity contribution in [3.8, 4) is 11.5 Å². The molecule has 0 unspecified atom stereocenters. The number of carbonyl (C=O) groups excluding carboxylic acids is 1. The highest BCUT2D eigenvalue weighted by molar-refractivity contribution is 7.99. The van der Waals surface area contributed by atoms with Crippen LogP contribution in [0.5, 0.6) is 11.5 Å². The van der Waals surface area contributed by atoms with E-state index in [2.05, 4.69) is 130 Å². The first-order valence-electron chi connectivity index (χ1n) is 17.5. The molecule has 1 aliphatic rings.